The van der Waals surface area contributed by atoms with Crippen molar-refractivity contribution in [2.45, 2.75) is 38.3 Å². The summed E-state index contributed by atoms with van der Waals surface area (Å²) in [5, 5.41) is 2.95. The van der Waals surface area contributed by atoms with Crippen LogP contribution < -0.4 is 5.32 Å². The molecule has 132 valence electrons. The van der Waals surface area contributed by atoms with E-state index in [4.69, 9.17) is 0 Å². The standard InChI is InChI=1S/C19H24N4O2/c1-15(23-12-9-20-14-23)18(24)21-17(13-16-7-3-2-4-8-16)19(25)22-10-5-6-11-22/h2-4,7-9,12,14-15,17H,5-6,10-11,13H2,1H3,(H,21,24)/t15-,17+/m0/s1. The van der Waals surface area contributed by atoms with Crippen LogP contribution in [0, 0.1) is 0 Å². The topological polar surface area (TPSA) is 67.2 Å². The number of nitrogens with zero attached hydrogens (tertiary/aromatic N) is 3. The maximum Gasteiger partial charge on any atom is 0.245 e. The summed E-state index contributed by atoms with van der Waals surface area (Å²) >= 11 is 0. The zero-order chi connectivity index (χ0) is 17.6. The first-order valence-electron chi connectivity index (χ1n) is 8.75. The highest BCUT2D eigenvalue weighted by atomic mass is 16.2. The van der Waals surface area contributed by atoms with Crippen LogP contribution in [0.3, 0.4) is 0 Å². The van der Waals surface area contributed by atoms with E-state index in [-0.39, 0.29) is 11.8 Å². The molecule has 2 amide bonds. The Kier molecular flexibility index (Phi) is 5.48. The van der Waals surface area contributed by atoms with Crippen LogP contribution in [0.25, 0.3) is 0 Å². The molecule has 3 rings (SSSR count). The summed E-state index contributed by atoms with van der Waals surface area (Å²) in [6.07, 6.45) is 7.56. The van der Waals surface area contributed by atoms with Gasteiger partial charge in [0.25, 0.3) is 0 Å². The second kappa shape index (κ2) is 7.96. The lowest BCUT2D eigenvalue weighted by Crippen LogP contribution is -2.50. The number of nitrogens with one attached hydrogen (secondary N) is 1. The zero-order valence-corrected chi connectivity index (χ0v) is 14.5. The van der Waals surface area contributed by atoms with E-state index in [1.54, 1.807) is 30.2 Å². The fraction of sp³-hybridized carbons (Fsp3) is 0.421. The summed E-state index contributed by atoms with van der Waals surface area (Å²) < 4.78 is 1.73. The summed E-state index contributed by atoms with van der Waals surface area (Å²) in [5.41, 5.74) is 1.04. The number of likely N-dealkylation sites (tertiary alicyclic amines) is 1. The van der Waals surface area contributed by atoms with Crippen LogP contribution in [0.5, 0.6) is 0 Å². The van der Waals surface area contributed by atoms with Crippen molar-refractivity contribution >= 4 is 11.8 Å². The highest BCUT2D eigenvalue weighted by Crippen LogP contribution is 2.13. The van der Waals surface area contributed by atoms with Crippen LogP contribution in [0.2, 0.25) is 0 Å². The van der Waals surface area contributed by atoms with Gasteiger partial charge in [-0.1, -0.05) is 30.3 Å². The number of benzene rings is 1. The lowest BCUT2D eigenvalue weighted by molar-refractivity contribution is -0.136. The molecule has 1 fully saturated rings. The highest BCUT2D eigenvalue weighted by molar-refractivity contribution is 5.89. The molecule has 6 nitrogen and oxygen atoms in total. The summed E-state index contributed by atoms with van der Waals surface area (Å²) in [5.74, 6) is -0.168. The normalized spacial score (nSPS) is 16.4. The third-order valence-electron chi connectivity index (χ3n) is 4.67. The molecule has 6 heteroatoms. The van der Waals surface area contributed by atoms with Gasteiger partial charge in [-0.3, -0.25) is 9.59 Å². The predicted molar refractivity (Wildman–Crippen MR) is 94.8 cm³/mol. The summed E-state index contributed by atoms with van der Waals surface area (Å²) in [4.78, 5) is 31.4. The maximum atomic E-state index is 12.9. The highest BCUT2D eigenvalue weighted by Gasteiger charge is 2.29. The van der Waals surface area contributed by atoms with Crippen LogP contribution >= 0.6 is 0 Å². The van der Waals surface area contributed by atoms with E-state index in [9.17, 15) is 9.59 Å². The molecule has 0 bridgehead atoms. The number of imidazole rings is 1. The minimum atomic E-state index is -0.543. The minimum Gasteiger partial charge on any atom is -0.342 e. The maximum absolute atomic E-state index is 12.9. The number of hydrogen-bond acceptors (Lipinski definition) is 3. The van der Waals surface area contributed by atoms with Gasteiger partial charge in [0.05, 0.1) is 6.33 Å². The Morgan fingerprint density at radius 3 is 2.56 bits per heavy atom. The van der Waals surface area contributed by atoms with E-state index in [0.717, 1.165) is 31.5 Å². The smallest absolute Gasteiger partial charge is 0.245 e. The molecular formula is C19H24N4O2. The fourth-order valence-electron chi connectivity index (χ4n) is 3.13. The molecule has 0 saturated carbocycles. The first kappa shape index (κ1) is 17.2. The molecule has 2 aromatic rings. The second-order valence-corrected chi connectivity index (χ2v) is 6.47. The predicted octanol–water partition coefficient (Wildman–Crippen LogP) is 1.79. The van der Waals surface area contributed by atoms with Gasteiger partial charge in [-0.05, 0) is 25.3 Å². The SMILES string of the molecule is C[C@@H](C(=O)N[C@H](Cc1ccccc1)C(=O)N1CCCC1)n1ccnc1. The Balaban J connectivity index is 1.73. The van der Waals surface area contributed by atoms with E-state index in [2.05, 4.69) is 10.3 Å². The summed E-state index contributed by atoms with van der Waals surface area (Å²) in [7, 11) is 0. The molecule has 1 aromatic carbocycles. The lowest BCUT2D eigenvalue weighted by Gasteiger charge is -2.25. The molecule has 0 unspecified atom stereocenters. The zero-order valence-electron chi connectivity index (χ0n) is 14.5. The lowest BCUT2D eigenvalue weighted by atomic mass is 10.0. The van der Waals surface area contributed by atoms with Gasteiger partial charge in [-0.15, -0.1) is 0 Å². The summed E-state index contributed by atoms with van der Waals surface area (Å²) in [6, 6.07) is 8.85. The largest absolute Gasteiger partial charge is 0.342 e. The first-order chi connectivity index (χ1) is 12.1. The molecule has 25 heavy (non-hydrogen) atoms. The van der Waals surface area contributed by atoms with Crippen molar-refractivity contribution in [1.82, 2.24) is 19.8 Å². The Bertz CT molecular complexity index is 693. The molecule has 0 aliphatic carbocycles. The second-order valence-electron chi connectivity index (χ2n) is 6.47. The van der Waals surface area contributed by atoms with E-state index < -0.39 is 12.1 Å². The number of amides is 2. The van der Waals surface area contributed by atoms with E-state index in [0.29, 0.717) is 6.42 Å². The van der Waals surface area contributed by atoms with Gasteiger partial charge in [0.15, 0.2) is 0 Å². The van der Waals surface area contributed by atoms with Crippen molar-refractivity contribution in [1.29, 1.82) is 0 Å². The monoisotopic (exact) mass is 340 g/mol. The number of aromatic nitrogens is 2. The van der Waals surface area contributed by atoms with Gasteiger partial charge in [-0.2, -0.15) is 0 Å². The Hall–Kier alpha value is -2.63. The van der Waals surface area contributed by atoms with Gasteiger partial charge in [-0.25, -0.2) is 4.98 Å². The third-order valence-corrected chi connectivity index (χ3v) is 4.67. The van der Waals surface area contributed by atoms with Gasteiger partial charge in [0.2, 0.25) is 11.8 Å². The molecule has 1 N–H and O–H groups in total. The molecule has 2 heterocycles. The molecular weight excluding hydrogens is 316 g/mol. The Morgan fingerprint density at radius 1 is 1.20 bits per heavy atom. The molecule has 0 spiro atoms. The van der Waals surface area contributed by atoms with E-state index in [1.807, 2.05) is 35.2 Å². The van der Waals surface area contributed by atoms with Crippen LogP contribution in [-0.4, -0.2) is 45.4 Å². The van der Waals surface area contributed by atoms with Crippen molar-refractivity contribution < 1.29 is 9.59 Å². The van der Waals surface area contributed by atoms with Crippen LogP contribution in [0.4, 0.5) is 0 Å². The Labute approximate surface area is 147 Å². The number of rotatable bonds is 6. The summed E-state index contributed by atoms with van der Waals surface area (Å²) in [6.45, 7) is 3.35. The Morgan fingerprint density at radius 2 is 1.92 bits per heavy atom. The van der Waals surface area contributed by atoms with E-state index in [1.165, 1.54) is 0 Å². The van der Waals surface area contributed by atoms with Crippen LogP contribution in [0.15, 0.2) is 49.1 Å². The van der Waals surface area contributed by atoms with Crippen molar-refractivity contribution in [2.24, 2.45) is 0 Å². The minimum absolute atomic E-state index is 0.00698. The van der Waals surface area contributed by atoms with Gasteiger partial charge >= 0.3 is 0 Å². The molecule has 2 atom stereocenters. The molecule has 1 aliphatic rings. The quantitative estimate of drug-likeness (QED) is 0.872. The number of hydrogen-bond donors (Lipinski definition) is 1. The van der Waals surface area contributed by atoms with Crippen molar-refractivity contribution in [3.05, 3.63) is 54.6 Å². The van der Waals surface area contributed by atoms with Gasteiger partial charge in [0, 0.05) is 31.9 Å². The number of carbonyl (C=O) groups is 2. The average Bonchev–Trinajstić information content (AvgIpc) is 3.34. The molecule has 1 aromatic heterocycles. The first-order valence-corrected chi connectivity index (χ1v) is 8.75. The molecule has 1 aliphatic heterocycles. The third kappa shape index (κ3) is 4.26. The fourth-order valence-corrected chi connectivity index (χ4v) is 3.13. The molecule has 0 radical (unpaired) electrons. The van der Waals surface area contributed by atoms with Crippen molar-refractivity contribution in [3.8, 4) is 0 Å². The van der Waals surface area contributed by atoms with Crippen LogP contribution in [0.1, 0.15) is 31.4 Å². The average molecular weight is 340 g/mol. The van der Waals surface area contributed by atoms with Crippen LogP contribution in [-0.2, 0) is 16.0 Å². The number of carbonyl (C=O) groups excluding carboxylic acids is 2. The van der Waals surface area contributed by atoms with Gasteiger partial charge in [0.1, 0.15) is 12.1 Å². The van der Waals surface area contributed by atoms with Crippen molar-refractivity contribution in [2.75, 3.05) is 13.1 Å². The van der Waals surface area contributed by atoms with Gasteiger partial charge < -0.3 is 14.8 Å². The molecule has 1 saturated heterocycles. The van der Waals surface area contributed by atoms with Crippen molar-refractivity contribution in [3.63, 3.8) is 0 Å². The van der Waals surface area contributed by atoms with E-state index >= 15 is 0 Å².